The summed E-state index contributed by atoms with van der Waals surface area (Å²) in [6.07, 6.45) is 0. The van der Waals surface area contributed by atoms with Gasteiger partial charge in [0.25, 0.3) is 11.6 Å². The Morgan fingerprint density at radius 1 is 1.15 bits per heavy atom. The molecule has 0 unspecified atom stereocenters. The van der Waals surface area contributed by atoms with E-state index >= 15 is 0 Å². The number of nitro groups is 1. The van der Waals surface area contributed by atoms with E-state index in [1.165, 1.54) is 30.3 Å². The van der Waals surface area contributed by atoms with E-state index in [0.717, 1.165) is 0 Å². The molecule has 27 heavy (non-hydrogen) atoms. The highest BCUT2D eigenvalue weighted by molar-refractivity contribution is 6.00. The molecule has 0 atom stereocenters. The molecule has 0 saturated carbocycles. The van der Waals surface area contributed by atoms with Gasteiger partial charge >= 0.3 is 0 Å². The molecular formula is C19H16FN3O4. The van der Waals surface area contributed by atoms with E-state index < -0.39 is 10.8 Å². The summed E-state index contributed by atoms with van der Waals surface area (Å²) in [5.41, 5.74) is 1.18. The summed E-state index contributed by atoms with van der Waals surface area (Å²) in [7, 11) is 1.62. The van der Waals surface area contributed by atoms with Gasteiger partial charge in [0.2, 0.25) is 0 Å². The Balaban J connectivity index is 1.72. The number of carbonyl (C=O) groups is 1. The molecule has 0 aliphatic carbocycles. The number of nitrogens with zero attached hydrogens (tertiary/aromatic N) is 1. The van der Waals surface area contributed by atoms with Crippen LogP contribution in [0.15, 0.2) is 59.0 Å². The number of hydrogen-bond donors (Lipinski definition) is 2. The molecular weight excluding hydrogens is 353 g/mol. The highest BCUT2D eigenvalue weighted by Gasteiger charge is 2.16. The maximum absolute atomic E-state index is 13.0. The average Bonchev–Trinajstić information content (AvgIpc) is 3.15. The molecule has 138 valence electrons. The fourth-order valence-corrected chi connectivity index (χ4v) is 2.56. The Kier molecular flexibility index (Phi) is 5.16. The van der Waals surface area contributed by atoms with Crippen LogP contribution >= 0.6 is 0 Å². The first kappa shape index (κ1) is 18.1. The minimum Gasteiger partial charge on any atom is -0.459 e. The van der Waals surface area contributed by atoms with Crippen molar-refractivity contribution in [2.75, 3.05) is 12.4 Å². The SMILES string of the molecule is CNc1ccc([N+](=O)[O-])cc1C(=O)NCc1ccc(-c2ccc(F)cc2)o1. The van der Waals surface area contributed by atoms with Crippen molar-refractivity contribution in [1.82, 2.24) is 5.32 Å². The summed E-state index contributed by atoms with van der Waals surface area (Å²) in [6, 6.07) is 13.3. The minimum absolute atomic E-state index is 0.103. The van der Waals surface area contributed by atoms with Crippen molar-refractivity contribution in [2.45, 2.75) is 6.54 Å². The zero-order chi connectivity index (χ0) is 19.4. The molecule has 0 bridgehead atoms. The number of nitrogens with one attached hydrogen (secondary N) is 2. The van der Waals surface area contributed by atoms with Gasteiger partial charge in [-0.05, 0) is 42.5 Å². The van der Waals surface area contributed by atoms with E-state index in [9.17, 15) is 19.3 Å². The number of non-ortho nitro benzene ring substituents is 1. The van der Waals surface area contributed by atoms with E-state index in [1.807, 2.05) is 0 Å². The van der Waals surface area contributed by atoms with Crippen LogP contribution in [0, 0.1) is 15.9 Å². The molecule has 1 amide bonds. The number of benzene rings is 2. The maximum Gasteiger partial charge on any atom is 0.270 e. The smallest absolute Gasteiger partial charge is 0.270 e. The fraction of sp³-hybridized carbons (Fsp3) is 0.105. The normalized spacial score (nSPS) is 10.4. The second kappa shape index (κ2) is 7.69. The average molecular weight is 369 g/mol. The van der Waals surface area contributed by atoms with E-state index in [-0.39, 0.29) is 23.6 Å². The minimum atomic E-state index is -0.558. The predicted molar refractivity (Wildman–Crippen MR) is 97.9 cm³/mol. The van der Waals surface area contributed by atoms with Gasteiger partial charge in [0.15, 0.2) is 0 Å². The molecule has 3 rings (SSSR count). The van der Waals surface area contributed by atoms with Crippen molar-refractivity contribution in [1.29, 1.82) is 0 Å². The van der Waals surface area contributed by atoms with Crippen molar-refractivity contribution in [3.8, 4) is 11.3 Å². The van der Waals surface area contributed by atoms with E-state index in [2.05, 4.69) is 10.6 Å². The molecule has 2 N–H and O–H groups in total. The molecule has 0 saturated heterocycles. The second-order valence-corrected chi connectivity index (χ2v) is 5.69. The maximum atomic E-state index is 13.0. The summed E-state index contributed by atoms with van der Waals surface area (Å²) in [5, 5.41) is 16.4. The molecule has 3 aromatic rings. The van der Waals surface area contributed by atoms with Gasteiger partial charge in [-0.1, -0.05) is 0 Å². The van der Waals surface area contributed by atoms with Crippen LogP contribution < -0.4 is 10.6 Å². The Morgan fingerprint density at radius 2 is 1.89 bits per heavy atom. The van der Waals surface area contributed by atoms with Gasteiger partial charge in [0.05, 0.1) is 17.0 Å². The van der Waals surface area contributed by atoms with E-state index in [4.69, 9.17) is 4.42 Å². The van der Waals surface area contributed by atoms with Gasteiger partial charge in [-0.25, -0.2) is 4.39 Å². The topological polar surface area (TPSA) is 97.4 Å². The van der Waals surface area contributed by atoms with Crippen molar-refractivity contribution in [2.24, 2.45) is 0 Å². The summed E-state index contributed by atoms with van der Waals surface area (Å²) in [5.74, 6) is 0.238. The van der Waals surface area contributed by atoms with Gasteiger partial charge in [0.1, 0.15) is 17.3 Å². The van der Waals surface area contributed by atoms with Crippen molar-refractivity contribution in [3.05, 3.63) is 81.9 Å². The molecule has 0 aliphatic heterocycles. The third-order valence-corrected chi connectivity index (χ3v) is 3.94. The second-order valence-electron chi connectivity index (χ2n) is 5.69. The first-order valence-corrected chi connectivity index (χ1v) is 8.07. The Bertz CT molecular complexity index is 983. The van der Waals surface area contributed by atoms with Gasteiger partial charge in [-0.2, -0.15) is 0 Å². The van der Waals surface area contributed by atoms with Crippen LogP contribution in [0.3, 0.4) is 0 Å². The van der Waals surface area contributed by atoms with Crippen LogP contribution in [0.25, 0.3) is 11.3 Å². The highest BCUT2D eigenvalue weighted by Crippen LogP contribution is 2.24. The Labute approximate surface area is 154 Å². The molecule has 7 nitrogen and oxygen atoms in total. The van der Waals surface area contributed by atoms with Crippen LogP contribution in [0.2, 0.25) is 0 Å². The highest BCUT2D eigenvalue weighted by atomic mass is 19.1. The number of hydrogen-bond acceptors (Lipinski definition) is 5. The number of halogens is 1. The van der Waals surface area contributed by atoms with E-state index in [1.54, 1.807) is 31.3 Å². The van der Waals surface area contributed by atoms with Gasteiger partial charge in [0, 0.05) is 30.4 Å². The fourth-order valence-electron chi connectivity index (χ4n) is 2.56. The lowest BCUT2D eigenvalue weighted by Crippen LogP contribution is -2.23. The van der Waals surface area contributed by atoms with Crippen molar-refractivity contribution in [3.63, 3.8) is 0 Å². The monoisotopic (exact) mass is 369 g/mol. The largest absolute Gasteiger partial charge is 0.459 e. The molecule has 8 heteroatoms. The number of nitro benzene ring substituents is 1. The molecule has 0 fully saturated rings. The molecule has 1 aromatic heterocycles. The third kappa shape index (κ3) is 4.12. The van der Waals surface area contributed by atoms with E-state index in [0.29, 0.717) is 22.8 Å². The van der Waals surface area contributed by atoms with Crippen LogP contribution in [-0.4, -0.2) is 17.9 Å². The quantitative estimate of drug-likeness (QED) is 0.506. The van der Waals surface area contributed by atoms with Crippen LogP contribution in [-0.2, 0) is 6.54 Å². The number of carbonyl (C=O) groups excluding carboxylic acids is 1. The first-order valence-electron chi connectivity index (χ1n) is 8.07. The predicted octanol–water partition coefficient (Wildman–Crippen LogP) is 3.97. The summed E-state index contributed by atoms with van der Waals surface area (Å²) >= 11 is 0. The standard InChI is InChI=1S/C19H16FN3O4/c1-21-17-8-6-14(23(25)26)10-16(17)19(24)22-11-15-7-9-18(27-15)12-2-4-13(20)5-3-12/h2-10,21H,11H2,1H3,(H,22,24). The van der Waals surface area contributed by atoms with Crippen LogP contribution in [0.1, 0.15) is 16.1 Å². The Morgan fingerprint density at radius 3 is 2.56 bits per heavy atom. The van der Waals surface area contributed by atoms with Crippen LogP contribution in [0.5, 0.6) is 0 Å². The number of rotatable bonds is 6. The van der Waals surface area contributed by atoms with Gasteiger partial charge in [-0.3, -0.25) is 14.9 Å². The first-order chi connectivity index (χ1) is 13.0. The zero-order valence-electron chi connectivity index (χ0n) is 14.4. The lowest BCUT2D eigenvalue weighted by molar-refractivity contribution is -0.384. The molecule has 2 aromatic carbocycles. The number of anilines is 1. The Hall–Kier alpha value is -3.68. The van der Waals surface area contributed by atoms with Crippen LogP contribution in [0.4, 0.5) is 15.8 Å². The summed E-state index contributed by atoms with van der Waals surface area (Å²) < 4.78 is 18.6. The lowest BCUT2D eigenvalue weighted by Gasteiger charge is -2.09. The van der Waals surface area contributed by atoms with Gasteiger partial charge < -0.3 is 15.1 Å². The number of furan rings is 1. The van der Waals surface area contributed by atoms with Crippen molar-refractivity contribution >= 4 is 17.3 Å². The van der Waals surface area contributed by atoms with Crippen molar-refractivity contribution < 1.29 is 18.5 Å². The lowest BCUT2D eigenvalue weighted by atomic mass is 10.1. The summed E-state index contributed by atoms with van der Waals surface area (Å²) in [6.45, 7) is 0.103. The molecule has 0 spiro atoms. The third-order valence-electron chi connectivity index (χ3n) is 3.94. The molecule has 1 heterocycles. The number of amides is 1. The molecule has 0 radical (unpaired) electrons. The summed E-state index contributed by atoms with van der Waals surface area (Å²) in [4.78, 5) is 22.8. The van der Waals surface area contributed by atoms with Gasteiger partial charge in [-0.15, -0.1) is 0 Å². The zero-order valence-corrected chi connectivity index (χ0v) is 14.4. The molecule has 0 aliphatic rings.